The fourth-order valence-corrected chi connectivity index (χ4v) is 1.61. The summed E-state index contributed by atoms with van der Waals surface area (Å²) in [5.74, 6) is 0.149. The zero-order valence-corrected chi connectivity index (χ0v) is 11.0. The molecule has 0 aliphatic rings. The molecular weight excluding hydrogens is 202 g/mol. The third-order valence-corrected chi connectivity index (χ3v) is 2.69. The first-order valence-corrected chi connectivity index (χ1v) is 6.27. The lowest BCUT2D eigenvalue weighted by Crippen LogP contribution is -2.43. The fraction of sp³-hybridized carbons (Fsp3) is 0.917. The standard InChI is InChI=1S/C12H27N3O/c1-4-5-10-14-12(16)11(15(2)3)8-6-7-9-13/h11H,4-10,13H2,1-3H3,(H,14,16). The summed E-state index contributed by atoms with van der Waals surface area (Å²) in [7, 11) is 3.90. The second-order valence-corrected chi connectivity index (χ2v) is 4.41. The lowest BCUT2D eigenvalue weighted by molar-refractivity contribution is -0.125. The first kappa shape index (κ1) is 15.4. The van der Waals surface area contributed by atoms with Crippen LogP contribution in [0.2, 0.25) is 0 Å². The molecule has 0 aliphatic carbocycles. The van der Waals surface area contributed by atoms with Crippen molar-refractivity contribution in [1.82, 2.24) is 10.2 Å². The van der Waals surface area contributed by atoms with E-state index in [1.807, 2.05) is 19.0 Å². The van der Waals surface area contributed by atoms with Crippen LogP contribution in [0.15, 0.2) is 0 Å². The maximum Gasteiger partial charge on any atom is 0.237 e. The molecule has 0 saturated heterocycles. The van der Waals surface area contributed by atoms with E-state index in [1.165, 1.54) is 0 Å². The Morgan fingerprint density at radius 2 is 2.00 bits per heavy atom. The van der Waals surface area contributed by atoms with Crippen LogP contribution in [0, 0.1) is 0 Å². The number of nitrogens with two attached hydrogens (primary N) is 1. The van der Waals surface area contributed by atoms with Gasteiger partial charge in [0, 0.05) is 6.54 Å². The molecule has 0 radical (unpaired) electrons. The third-order valence-electron chi connectivity index (χ3n) is 2.69. The third kappa shape index (κ3) is 6.80. The number of likely N-dealkylation sites (N-methyl/N-ethyl adjacent to an activating group) is 1. The van der Waals surface area contributed by atoms with E-state index in [0.717, 1.165) is 38.6 Å². The average Bonchev–Trinajstić information content (AvgIpc) is 2.24. The number of hydrogen-bond acceptors (Lipinski definition) is 3. The smallest absolute Gasteiger partial charge is 0.237 e. The van der Waals surface area contributed by atoms with Gasteiger partial charge in [0.2, 0.25) is 5.91 Å². The number of nitrogens with one attached hydrogen (secondary N) is 1. The van der Waals surface area contributed by atoms with Gasteiger partial charge >= 0.3 is 0 Å². The second-order valence-electron chi connectivity index (χ2n) is 4.41. The predicted octanol–water partition coefficient (Wildman–Crippen LogP) is 0.962. The molecule has 0 aromatic heterocycles. The molecule has 1 unspecified atom stereocenters. The number of amides is 1. The van der Waals surface area contributed by atoms with Gasteiger partial charge in [0.05, 0.1) is 6.04 Å². The van der Waals surface area contributed by atoms with Gasteiger partial charge in [-0.1, -0.05) is 19.8 Å². The van der Waals surface area contributed by atoms with Crippen LogP contribution in [0.4, 0.5) is 0 Å². The van der Waals surface area contributed by atoms with Crippen molar-refractivity contribution in [3.63, 3.8) is 0 Å². The van der Waals surface area contributed by atoms with Crippen molar-refractivity contribution in [3.8, 4) is 0 Å². The first-order valence-electron chi connectivity index (χ1n) is 6.27. The minimum Gasteiger partial charge on any atom is -0.355 e. The van der Waals surface area contributed by atoms with Crippen molar-refractivity contribution in [2.24, 2.45) is 5.73 Å². The highest BCUT2D eigenvalue weighted by Gasteiger charge is 2.19. The molecule has 0 rings (SSSR count). The molecular formula is C12H27N3O. The molecule has 96 valence electrons. The highest BCUT2D eigenvalue weighted by atomic mass is 16.2. The number of hydrogen-bond donors (Lipinski definition) is 2. The highest BCUT2D eigenvalue weighted by Crippen LogP contribution is 2.05. The fourth-order valence-electron chi connectivity index (χ4n) is 1.61. The van der Waals surface area contributed by atoms with Crippen LogP contribution in [-0.4, -0.2) is 44.0 Å². The monoisotopic (exact) mass is 229 g/mol. The SMILES string of the molecule is CCCCNC(=O)C(CCCCN)N(C)C. The summed E-state index contributed by atoms with van der Waals surface area (Å²) >= 11 is 0. The van der Waals surface area contributed by atoms with E-state index < -0.39 is 0 Å². The van der Waals surface area contributed by atoms with Crippen LogP contribution in [0.25, 0.3) is 0 Å². The quantitative estimate of drug-likeness (QED) is 0.579. The van der Waals surface area contributed by atoms with Gasteiger partial charge in [-0.05, 0) is 39.9 Å². The van der Waals surface area contributed by atoms with E-state index >= 15 is 0 Å². The van der Waals surface area contributed by atoms with E-state index in [0.29, 0.717) is 6.54 Å². The van der Waals surface area contributed by atoms with Crippen molar-refractivity contribution in [2.75, 3.05) is 27.2 Å². The van der Waals surface area contributed by atoms with Crippen LogP contribution in [0.3, 0.4) is 0 Å². The lowest BCUT2D eigenvalue weighted by Gasteiger charge is -2.23. The minimum atomic E-state index is -0.0107. The summed E-state index contributed by atoms with van der Waals surface area (Å²) in [5.41, 5.74) is 5.45. The summed E-state index contributed by atoms with van der Waals surface area (Å²) < 4.78 is 0. The zero-order chi connectivity index (χ0) is 12.4. The number of unbranched alkanes of at least 4 members (excludes halogenated alkanes) is 2. The normalized spacial score (nSPS) is 12.8. The first-order chi connectivity index (χ1) is 7.63. The number of rotatable bonds is 9. The molecule has 0 saturated carbocycles. The maximum absolute atomic E-state index is 11.9. The summed E-state index contributed by atoms with van der Waals surface area (Å²) in [5, 5.41) is 2.98. The molecule has 0 aromatic carbocycles. The second kappa shape index (κ2) is 9.60. The predicted molar refractivity (Wildman–Crippen MR) is 68.3 cm³/mol. The Morgan fingerprint density at radius 1 is 1.31 bits per heavy atom. The molecule has 1 atom stereocenters. The molecule has 16 heavy (non-hydrogen) atoms. The summed E-state index contributed by atoms with van der Waals surface area (Å²) in [6, 6.07) is -0.0107. The Hall–Kier alpha value is -0.610. The Kier molecular flexibility index (Phi) is 9.24. The molecule has 0 spiro atoms. The van der Waals surface area contributed by atoms with E-state index in [1.54, 1.807) is 0 Å². The van der Waals surface area contributed by atoms with Crippen molar-refractivity contribution < 1.29 is 4.79 Å². The Morgan fingerprint density at radius 3 is 2.50 bits per heavy atom. The van der Waals surface area contributed by atoms with E-state index in [2.05, 4.69) is 12.2 Å². The number of carbonyl (C=O) groups is 1. The maximum atomic E-state index is 11.9. The highest BCUT2D eigenvalue weighted by molar-refractivity contribution is 5.81. The van der Waals surface area contributed by atoms with Crippen LogP contribution in [-0.2, 0) is 4.79 Å². The average molecular weight is 229 g/mol. The number of carbonyl (C=O) groups excluding carboxylic acids is 1. The van der Waals surface area contributed by atoms with E-state index in [4.69, 9.17) is 5.73 Å². The van der Waals surface area contributed by atoms with Gasteiger partial charge in [-0.15, -0.1) is 0 Å². The molecule has 0 aromatic rings. The van der Waals surface area contributed by atoms with Crippen LogP contribution < -0.4 is 11.1 Å². The van der Waals surface area contributed by atoms with Crippen LogP contribution in [0.5, 0.6) is 0 Å². The molecule has 4 nitrogen and oxygen atoms in total. The van der Waals surface area contributed by atoms with Crippen molar-refractivity contribution in [3.05, 3.63) is 0 Å². The molecule has 0 aliphatic heterocycles. The van der Waals surface area contributed by atoms with Crippen LogP contribution >= 0.6 is 0 Å². The Labute approximate surface area is 99.6 Å². The van der Waals surface area contributed by atoms with Gasteiger partial charge in [0.25, 0.3) is 0 Å². The van der Waals surface area contributed by atoms with Crippen molar-refractivity contribution >= 4 is 5.91 Å². The van der Waals surface area contributed by atoms with Crippen LogP contribution in [0.1, 0.15) is 39.0 Å². The Bertz CT molecular complexity index is 183. The van der Waals surface area contributed by atoms with Crippen molar-refractivity contribution in [1.29, 1.82) is 0 Å². The Balaban J connectivity index is 3.93. The molecule has 0 heterocycles. The molecule has 0 bridgehead atoms. The lowest BCUT2D eigenvalue weighted by atomic mass is 10.1. The zero-order valence-electron chi connectivity index (χ0n) is 11.0. The van der Waals surface area contributed by atoms with Gasteiger partial charge in [-0.3, -0.25) is 9.69 Å². The summed E-state index contributed by atoms with van der Waals surface area (Å²) in [6.45, 7) is 3.62. The largest absolute Gasteiger partial charge is 0.355 e. The van der Waals surface area contributed by atoms with Crippen molar-refractivity contribution in [2.45, 2.75) is 45.1 Å². The minimum absolute atomic E-state index is 0.0107. The van der Waals surface area contributed by atoms with Gasteiger partial charge in [-0.25, -0.2) is 0 Å². The molecule has 0 fully saturated rings. The number of nitrogens with zero attached hydrogens (tertiary/aromatic N) is 1. The van der Waals surface area contributed by atoms with Gasteiger partial charge in [0.1, 0.15) is 0 Å². The van der Waals surface area contributed by atoms with Gasteiger partial charge in [-0.2, -0.15) is 0 Å². The molecule has 3 N–H and O–H groups in total. The van der Waals surface area contributed by atoms with Gasteiger partial charge < -0.3 is 11.1 Å². The van der Waals surface area contributed by atoms with Gasteiger partial charge in [0.15, 0.2) is 0 Å². The van der Waals surface area contributed by atoms with E-state index in [9.17, 15) is 4.79 Å². The summed E-state index contributed by atoms with van der Waals surface area (Å²) in [6.07, 6.45) is 5.06. The topological polar surface area (TPSA) is 58.4 Å². The summed E-state index contributed by atoms with van der Waals surface area (Å²) in [4.78, 5) is 13.9. The van der Waals surface area contributed by atoms with E-state index in [-0.39, 0.29) is 11.9 Å². The molecule has 4 heteroatoms. The molecule has 1 amide bonds.